The van der Waals surface area contributed by atoms with Crippen molar-refractivity contribution in [3.8, 4) is 0 Å². The van der Waals surface area contributed by atoms with Crippen molar-refractivity contribution in [2.45, 2.75) is 6.92 Å². The third kappa shape index (κ3) is 6.37. The van der Waals surface area contributed by atoms with Gasteiger partial charge in [-0.15, -0.1) is 0 Å². The Bertz CT molecular complexity index is 166. The van der Waals surface area contributed by atoms with Gasteiger partial charge in [0.2, 0.25) is 5.78 Å². The average molecular weight is 174 g/mol. The predicted octanol–water partition coefficient (Wildman–Crippen LogP) is -4.08. The van der Waals surface area contributed by atoms with Crippen LogP contribution in [0.15, 0.2) is 0 Å². The number of carbonyl (C=O) groups excluding carboxylic acids is 2. The summed E-state index contributed by atoms with van der Waals surface area (Å²) < 4.78 is 22.5. The Hall–Kier alpha value is 0.250. The zero-order valence-corrected chi connectivity index (χ0v) is 8.27. The van der Waals surface area contributed by atoms with Crippen LogP contribution in [-0.2, 0) is 25.1 Å². The van der Waals surface area contributed by atoms with E-state index < -0.39 is 23.1 Å². The molecule has 0 aliphatic heterocycles. The molecule has 0 saturated carbocycles. The number of hydrogen-bond acceptors (Lipinski definition) is 5. The second-order valence-corrected chi connectivity index (χ2v) is 1.71. The van der Waals surface area contributed by atoms with E-state index in [1.165, 1.54) is 0 Å². The number of Topliss-reactive ketones (excluding diaryl/α,β-unsaturated/α-hetero) is 1. The third-order valence-corrected chi connectivity index (χ3v) is 0.719. The van der Waals surface area contributed by atoms with Gasteiger partial charge >= 0.3 is 35.5 Å². The van der Waals surface area contributed by atoms with Crippen molar-refractivity contribution in [3.05, 3.63) is 0 Å². The fourth-order valence-electron chi connectivity index (χ4n) is 0.120. The SMILES string of the molecule is CC(=O)C(=O)OS(=O)[O-].[Na+]. The van der Waals surface area contributed by atoms with E-state index >= 15 is 0 Å². The number of ketones is 1. The van der Waals surface area contributed by atoms with E-state index in [0.717, 1.165) is 6.92 Å². The van der Waals surface area contributed by atoms with E-state index in [1.54, 1.807) is 0 Å². The van der Waals surface area contributed by atoms with Crippen LogP contribution < -0.4 is 29.6 Å². The molecule has 52 valence electrons. The molecule has 0 fully saturated rings. The molecule has 0 aliphatic carbocycles. The standard InChI is InChI=1S/C3H4O5S.Na/c1-2(4)3(5)8-9(6)7;/h1H3,(H,6,7);/q;+1/p-1. The van der Waals surface area contributed by atoms with Gasteiger partial charge in [-0.25, -0.2) is 9.00 Å². The normalized spacial score (nSPS) is 11.0. The van der Waals surface area contributed by atoms with Crippen LogP contribution in [0.2, 0.25) is 0 Å². The van der Waals surface area contributed by atoms with Crippen molar-refractivity contribution in [2.24, 2.45) is 0 Å². The molecule has 10 heavy (non-hydrogen) atoms. The maximum atomic E-state index is 9.99. The van der Waals surface area contributed by atoms with Gasteiger partial charge in [-0.3, -0.25) is 4.79 Å². The van der Waals surface area contributed by atoms with Crippen LogP contribution in [0.25, 0.3) is 0 Å². The van der Waals surface area contributed by atoms with Crippen LogP contribution in [0.3, 0.4) is 0 Å². The molecule has 1 atom stereocenters. The molecule has 1 unspecified atom stereocenters. The second-order valence-electron chi connectivity index (χ2n) is 1.13. The molecule has 0 spiro atoms. The molecule has 0 aromatic rings. The molecule has 0 radical (unpaired) electrons. The summed E-state index contributed by atoms with van der Waals surface area (Å²) in [5, 5.41) is 0. The van der Waals surface area contributed by atoms with E-state index in [-0.39, 0.29) is 29.6 Å². The van der Waals surface area contributed by atoms with Crippen molar-refractivity contribution in [1.82, 2.24) is 0 Å². The monoisotopic (exact) mass is 174 g/mol. The summed E-state index contributed by atoms with van der Waals surface area (Å²) in [6.07, 6.45) is 0. The molecule has 0 aliphatic rings. The molecule has 0 heterocycles. The molecule has 7 heteroatoms. The summed E-state index contributed by atoms with van der Waals surface area (Å²) in [6, 6.07) is 0. The van der Waals surface area contributed by atoms with E-state index in [1.807, 2.05) is 0 Å². The molecule has 0 N–H and O–H groups in total. The minimum absolute atomic E-state index is 0. The first-order valence-electron chi connectivity index (χ1n) is 1.86. The second kappa shape index (κ2) is 5.99. The summed E-state index contributed by atoms with van der Waals surface area (Å²) in [4.78, 5) is 19.9. The Morgan fingerprint density at radius 1 is 1.50 bits per heavy atom. The van der Waals surface area contributed by atoms with Crippen LogP contribution in [0, 0.1) is 0 Å². The van der Waals surface area contributed by atoms with Gasteiger partial charge in [0, 0.05) is 6.92 Å². The van der Waals surface area contributed by atoms with Crippen LogP contribution in [0.1, 0.15) is 6.92 Å². The van der Waals surface area contributed by atoms with Gasteiger partial charge in [-0.1, -0.05) is 0 Å². The Morgan fingerprint density at radius 3 is 2.00 bits per heavy atom. The van der Waals surface area contributed by atoms with Gasteiger partial charge in [0.1, 0.15) is 11.4 Å². The minimum atomic E-state index is -2.94. The summed E-state index contributed by atoms with van der Waals surface area (Å²) in [6.45, 7) is 0.912. The zero-order valence-electron chi connectivity index (χ0n) is 5.45. The van der Waals surface area contributed by atoms with Gasteiger partial charge in [0.25, 0.3) is 0 Å². The van der Waals surface area contributed by atoms with Gasteiger partial charge in [0.05, 0.1) is 0 Å². The first-order chi connectivity index (χ1) is 4.04. The molecule has 0 bridgehead atoms. The molecular weight excluding hydrogens is 171 g/mol. The zero-order chi connectivity index (χ0) is 7.44. The Labute approximate surface area is 81.9 Å². The molecule has 0 saturated heterocycles. The van der Waals surface area contributed by atoms with Crippen molar-refractivity contribution >= 4 is 23.1 Å². The molecule has 0 aromatic carbocycles. The molecule has 0 amide bonds. The molecule has 0 aromatic heterocycles. The average Bonchev–Trinajstić information content (AvgIpc) is 1.63. The van der Waals surface area contributed by atoms with Crippen molar-refractivity contribution in [2.75, 3.05) is 0 Å². The fraction of sp³-hybridized carbons (Fsp3) is 0.333. The van der Waals surface area contributed by atoms with Gasteiger partial charge < -0.3 is 8.74 Å². The maximum absolute atomic E-state index is 9.99. The van der Waals surface area contributed by atoms with Crippen molar-refractivity contribution < 1.29 is 52.1 Å². The van der Waals surface area contributed by atoms with E-state index in [0.29, 0.717) is 0 Å². The van der Waals surface area contributed by atoms with Gasteiger partial charge in [-0.2, -0.15) is 0 Å². The quantitative estimate of drug-likeness (QED) is 0.241. The van der Waals surface area contributed by atoms with E-state index in [2.05, 4.69) is 4.18 Å². The fourth-order valence-corrected chi connectivity index (χ4v) is 0.361. The largest absolute Gasteiger partial charge is 1.00 e. The summed E-state index contributed by atoms with van der Waals surface area (Å²) >= 11 is -2.94. The molecule has 5 nitrogen and oxygen atoms in total. The molecular formula is C3H3NaO5S. The number of rotatable bonds is 2. The first kappa shape index (κ1) is 12.9. The summed E-state index contributed by atoms with van der Waals surface area (Å²) in [7, 11) is 0. The Balaban J connectivity index is 0. The topological polar surface area (TPSA) is 83.5 Å². The summed E-state index contributed by atoms with van der Waals surface area (Å²) in [5.74, 6) is -2.32. The smallest absolute Gasteiger partial charge is 0.740 e. The minimum Gasteiger partial charge on any atom is -0.740 e. The van der Waals surface area contributed by atoms with E-state index in [9.17, 15) is 18.4 Å². The van der Waals surface area contributed by atoms with E-state index in [4.69, 9.17) is 0 Å². The van der Waals surface area contributed by atoms with Gasteiger partial charge in [-0.05, 0) is 0 Å². The number of carbonyl (C=O) groups is 2. The number of hydrogen-bond donors (Lipinski definition) is 0. The van der Waals surface area contributed by atoms with Crippen molar-refractivity contribution in [1.29, 1.82) is 0 Å². The predicted molar refractivity (Wildman–Crippen MR) is 25.7 cm³/mol. The van der Waals surface area contributed by atoms with Gasteiger partial charge in [0.15, 0.2) is 0 Å². The Kier molecular flexibility index (Phi) is 7.72. The molecule has 0 rings (SSSR count). The van der Waals surface area contributed by atoms with Crippen molar-refractivity contribution in [3.63, 3.8) is 0 Å². The van der Waals surface area contributed by atoms with Crippen LogP contribution in [-0.4, -0.2) is 20.5 Å². The summed E-state index contributed by atoms with van der Waals surface area (Å²) in [5.41, 5.74) is 0. The Morgan fingerprint density at radius 2 is 1.90 bits per heavy atom. The first-order valence-corrected chi connectivity index (χ1v) is 2.86. The van der Waals surface area contributed by atoms with Crippen LogP contribution in [0.5, 0.6) is 0 Å². The maximum Gasteiger partial charge on any atom is 1.00 e. The van der Waals surface area contributed by atoms with Crippen LogP contribution in [0.4, 0.5) is 0 Å². The third-order valence-electron chi connectivity index (χ3n) is 0.431. The van der Waals surface area contributed by atoms with Crippen LogP contribution >= 0.6 is 0 Å².